The number of nitriles is 1. The minimum absolute atomic E-state index is 0.0189. The third-order valence-electron chi connectivity index (χ3n) is 3.16. The van der Waals surface area contributed by atoms with Crippen LogP contribution in [0.1, 0.15) is 25.8 Å². The quantitative estimate of drug-likeness (QED) is 0.708. The van der Waals surface area contributed by atoms with Crippen molar-refractivity contribution in [3.63, 3.8) is 0 Å². The zero-order chi connectivity index (χ0) is 15.5. The summed E-state index contributed by atoms with van der Waals surface area (Å²) in [7, 11) is 0. The van der Waals surface area contributed by atoms with E-state index in [1.165, 1.54) is 0 Å². The molecule has 1 rings (SSSR count). The van der Waals surface area contributed by atoms with Gasteiger partial charge >= 0.3 is 0 Å². The second-order valence-corrected chi connectivity index (χ2v) is 4.62. The standard InChI is InChI=1S/C16H23N3O2/c1-3-19(11-12-21-4-2)10-9-16(20)18-15-7-5-14(13-17)6-8-15/h5-8H,3-4,9-12H2,1-2H3,(H,18,20). The number of benzene rings is 1. The van der Waals surface area contributed by atoms with E-state index in [2.05, 4.69) is 17.1 Å². The first-order chi connectivity index (χ1) is 10.2. The summed E-state index contributed by atoms with van der Waals surface area (Å²) in [5.41, 5.74) is 1.30. The van der Waals surface area contributed by atoms with Gasteiger partial charge in [-0.05, 0) is 37.7 Å². The van der Waals surface area contributed by atoms with Gasteiger partial charge in [0.2, 0.25) is 5.91 Å². The average Bonchev–Trinajstić information content (AvgIpc) is 2.51. The van der Waals surface area contributed by atoms with Gasteiger partial charge in [-0.25, -0.2) is 0 Å². The summed E-state index contributed by atoms with van der Waals surface area (Å²) < 4.78 is 5.32. The number of nitrogens with one attached hydrogen (secondary N) is 1. The van der Waals surface area contributed by atoms with E-state index in [-0.39, 0.29) is 5.91 Å². The van der Waals surface area contributed by atoms with Crippen molar-refractivity contribution in [1.82, 2.24) is 4.90 Å². The molecule has 0 unspecified atom stereocenters. The Labute approximate surface area is 126 Å². The minimum Gasteiger partial charge on any atom is -0.380 e. The lowest BCUT2D eigenvalue weighted by Gasteiger charge is -2.19. The van der Waals surface area contributed by atoms with E-state index >= 15 is 0 Å². The van der Waals surface area contributed by atoms with Gasteiger partial charge < -0.3 is 15.0 Å². The molecule has 1 aromatic rings. The molecule has 0 aliphatic rings. The SMILES string of the molecule is CCOCCN(CC)CCC(=O)Nc1ccc(C#N)cc1. The van der Waals surface area contributed by atoms with Gasteiger partial charge in [-0.2, -0.15) is 5.26 Å². The first-order valence-corrected chi connectivity index (χ1v) is 7.29. The van der Waals surface area contributed by atoms with E-state index in [0.717, 1.165) is 25.4 Å². The third kappa shape index (κ3) is 6.89. The van der Waals surface area contributed by atoms with E-state index in [0.29, 0.717) is 25.1 Å². The van der Waals surface area contributed by atoms with Crippen molar-refractivity contribution in [2.45, 2.75) is 20.3 Å². The maximum absolute atomic E-state index is 11.9. The Morgan fingerprint density at radius 2 is 2.00 bits per heavy atom. The van der Waals surface area contributed by atoms with Crippen molar-refractivity contribution >= 4 is 11.6 Å². The van der Waals surface area contributed by atoms with Gasteiger partial charge in [-0.1, -0.05) is 6.92 Å². The van der Waals surface area contributed by atoms with Gasteiger partial charge in [0.25, 0.3) is 0 Å². The number of carbonyl (C=O) groups is 1. The highest BCUT2D eigenvalue weighted by Gasteiger charge is 2.07. The van der Waals surface area contributed by atoms with Crippen molar-refractivity contribution < 1.29 is 9.53 Å². The maximum Gasteiger partial charge on any atom is 0.225 e. The number of likely N-dealkylation sites (N-methyl/N-ethyl adjacent to an activating group) is 1. The van der Waals surface area contributed by atoms with Crippen molar-refractivity contribution in [2.75, 3.05) is 38.2 Å². The van der Waals surface area contributed by atoms with Crippen LogP contribution in [0.25, 0.3) is 0 Å². The Bertz CT molecular complexity index is 465. The molecule has 0 heterocycles. The van der Waals surface area contributed by atoms with E-state index in [1.807, 2.05) is 13.0 Å². The van der Waals surface area contributed by atoms with Crippen LogP contribution in [0.4, 0.5) is 5.69 Å². The summed E-state index contributed by atoms with van der Waals surface area (Å²) in [5, 5.41) is 11.6. The van der Waals surface area contributed by atoms with Gasteiger partial charge in [-0.15, -0.1) is 0 Å². The van der Waals surface area contributed by atoms with E-state index in [9.17, 15) is 4.79 Å². The number of hydrogen-bond donors (Lipinski definition) is 1. The highest BCUT2D eigenvalue weighted by Crippen LogP contribution is 2.09. The first-order valence-electron chi connectivity index (χ1n) is 7.29. The molecule has 5 nitrogen and oxygen atoms in total. The smallest absolute Gasteiger partial charge is 0.225 e. The number of ether oxygens (including phenoxy) is 1. The van der Waals surface area contributed by atoms with Crippen LogP contribution in [0.15, 0.2) is 24.3 Å². The van der Waals surface area contributed by atoms with Crippen LogP contribution < -0.4 is 5.32 Å². The fourth-order valence-electron chi connectivity index (χ4n) is 1.88. The molecule has 5 heteroatoms. The fraction of sp³-hybridized carbons (Fsp3) is 0.500. The third-order valence-corrected chi connectivity index (χ3v) is 3.16. The van der Waals surface area contributed by atoms with Gasteiger partial charge in [0, 0.05) is 31.8 Å². The molecule has 0 radical (unpaired) electrons. The van der Waals surface area contributed by atoms with E-state index in [1.54, 1.807) is 24.3 Å². The fourth-order valence-corrected chi connectivity index (χ4v) is 1.88. The predicted molar refractivity (Wildman–Crippen MR) is 83.0 cm³/mol. The number of rotatable bonds is 9. The summed E-state index contributed by atoms with van der Waals surface area (Å²) in [6, 6.07) is 8.91. The van der Waals surface area contributed by atoms with Crippen LogP contribution in [-0.4, -0.2) is 43.7 Å². The molecule has 0 aromatic heterocycles. The van der Waals surface area contributed by atoms with Crippen LogP contribution in [-0.2, 0) is 9.53 Å². The lowest BCUT2D eigenvalue weighted by molar-refractivity contribution is -0.116. The molecule has 0 atom stereocenters. The summed E-state index contributed by atoms with van der Waals surface area (Å²) in [4.78, 5) is 14.1. The summed E-state index contributed by atoms with van der Waals surface area (Å²) >= 11 is 0. The van der Waals surface area contributed by atoms with Gasteiger partial charge in [0.15, 0.2) is 0 Å². The number of anilines is 1. The molecule has 0 bridgehead atoms. The average molecular weight is 289 g/mol. The zero-order valence-corrected chi connectivity index (χ0v) is 12.8. The number of nitrogens with zero attached hydrogens (tertiary/aromatic N) is 2. The van der Waals surface area contributed by atoms with Crippen LogP contribution in [0.3, 0.4) is 0 Å². The van der Waals surface area contributed by atoms with Crippen molar-refractivity contribution in [3.05, 3.63) is 29.8 Å². The monoisotopic (exact) mass is 289 g/mol. The lowest BCUT2D eigenvalue weighted by atomic mass is 10.2. The Morgan fingerprint density at radius 1 is 1.29 bits per heavy atom. The molecule has 114 valence electrons. The van der Waals surface area contributed by atoms with Crippen molar-refractivity contribution in [2.24, 2.45) is 0 Å². The molecule has 0 aliphatic carbocycles. The molecule has 1 aromatic carbocycles. The van der Waals surface area contributed by atoms with Crippen LogP contribution in [0.5, 0.6) is 0 Å². The molecule has 0 saturated carbocycles. The minimum atomic E-state index is -0.0189. The second kappa shape index (κ2) is 9.92. The van der Waals surface area contributed by atoms with E-state index in [4.69, 9.17) is 10.00 Å². The normalized spacial score (nSPS) is 10.4. The Morgan fingerprint density at radius 3 is 2.57 bits per heavy atom. The Balaban J connectivity index is 2.33. The molecule has 0 fully saturated rings. The number of amides is 1. The molecule has 21 heavy (non-hydrogen) atoms. The van der Waals surface area contributed by atoms with Crippen LogP contribution in [0, 0.1) is 11.3 Å². The topological polar surface area (TPSA) is 65.4 Å². The molecule has 0 aliphatic heterocycles. The molecular formula is C16H23N3O2. The van der Waals surface area contributed by atoms with E-state index < -0.39 is 0 Å². The second-order valence-electron chi connectivity index (χ2n) is 4.62. The molecule has 0 spiro atoms. The number of hydrogen-bond acceptors (Lipinski definition) is 4. The van der Waals surface area contributed by atoms with Gasteiger partial charge in [0.05, 0.1) is 18.2 Å². The number of carbonyl (C=O) groups excluding carboxylic acids is 1. The highest BCUT2D eigenvalue weighted by molar-refractivity contribution is 5.90. The first kappa shape index (κ1) is 17.2. The Hall–Kier alpha value is -1.90. The van der Waals surface area contributed by atoms with Crippen LogP contribution in [0.2, 0.25) is 0 Å². The Kier molecular flexibility index (Phi) is 8.10. The lowest BCUT2D eigenvalue weighted by Crippen LogP contribution is -2.30. The predicted octanol–water partition coefficient (Wildman–Crippen LogP) is 2.25. The van der Waals surface area contributed by atoms with Gasteiger partial charge in [-0.3, -0.25) is 4.79 Å². The van der Waals surface area contributed by atoms with Crippen molar-refractivity contribution in [3.8, 4) is 6.07 Å². The van der Waals surface area contributed by atoms with Crippen LogP contribution >= 0.6 is 0 Å². The van der Waals surface area contributed by atoms with Gasteiger partial charge in [0.1, 0.15) is 0 Å². The molecule has 0 saturated heterocycles. The summed E-state index contributed by atoms with van der Waals surface area (Å²) in [6.45, 7) is 7.92. The highest BCUT2D eigenvalue weighted by atomic mass is 16.5. The zero-order valence-electron chi connectivity index (χ0n) is 12.8. The molecule has 1 N–H and O–H groups in total. The largest absolute Gasteiger partial charge is 0.380 e. The summed E-state index contributed by atoms with van der Waals surface area (Å²) in [6.07, 6.45) is 0.444. The summed E-state index contributed by atoms with van der Waals surface area (Å²) in [5.74, 6) is -0.0189. The molecular weight excluding hydrogens is 266 g/mol. The maximum atomic E-state index is 11.9. The molecule has 1 amide bonds. The van der Waals surface area contributed by atoms with Crippen molar-refractivity contribution in [1.29, 1.82) is 5.26 Å².